The van der Waals surface area contributed by atoms with E-state index in [1.54, 1.807) is 11.0 Å². The maximum absolute atomic E-state index is 12.8. The first kappa shape index (κ1) is 14.7. The molecule has 1 aliphatic carbocycles. The van der Waals surface area contributed by atoms with E-state index < -0.39 is 5.54 Å². The van der Waals surface area contributed by atoms with Crippen LogP contribution >= 0.6 is 0 Å². The molecule has 2 aromatic rings. The minimum Gasteiger partial charge on any atom is -0.354 e. The highest BCUT2D eigenvalue weighted by Crippen LogP contribution is 2.34. The van der Waals surface area contributed by atoms with E-state index in [2.05, 4.69) is 33.0 Å². The minimum absolute atomic E-state index is 0.0374. The normalized spacial score (nSPS) is 17.1. The van der Waals surface area contributed by atoms with Crippen molar-refractivity contribution in [1.29, 1.82) is 0 Å². The third-order valence-corrected chi connectivity index (χ3v) is 4.43. The Balaban J connectivity index is 1.65. The summed E-state index contributed by atoms with van der Waals surface area (Å²) >= 11 is 0. The molecule has 0 spiro atoms. The highest BCUT2D eigenvalue weighted by Gasteiger charge is 2.42. The highest BCUT2D eigenvalue weighted by molar-refractivity contribution is 5.84. The van der Waals surface area contributed by atoms with Gasteiger partial charge in [-0.3, -0.25) is 4.79 Å². The lowest BCUT2D eigenvalue weighted by Gasteiger charge is -2.35. The largest absolute Gasteiger partial charge is 0.354 e. The van der Waals surface area contributed by atoms with Gasteiger partial charge in [0.15, 0.2) is 0 Å². The standard InChI is InChI=1S/C16H21N5O/c22-15(17-12-9-14-7-3-1-4-8-14)16(10-5-2-6-11-16)21-13-18-19-20-21/h1,3-4,7-8,13H,2,5-6,9-12H2,(H,17,22). The number of nitrogens with zero attached hydrogens (tertiary/aromatic N) is 4. The molecule has 0 saturated heterocycles. The molecular weight excluding hydrogens is 278 g/mol. The topological polar surface area (TPSA) is 72.7 Å². The first-order valence-electron chi connectivity index (χ1n) is 7.87. The van der Waals surface area contributed by atoms with Crippen LogP contribution in [0.2, 0.25) is 0 Å². The van der Waals surface area contributed by atoms with Crippen LogP contribution in [0.25, 0.3) is 0 Å². The Morgan fingerprint density at radius 3 is 2.64 bits per heavy atom. The van der Waals surface area contributed by atoms with Crippen LogP contribution in [0.3, 0.4) is 0 Å². The SMILES string of the molecule is O=C(NCCc1ccccc1)C1(n2cnnn2)CCCCC1. The fourth-order valence-electron chi connectivity index (χ4n) is 3.18. The molecule has 0 bridgehead atoms. The molecule has 0 atom stereocenters. The Morgan fingerprint density at radius 2 is 1.95 bits per heavy atom. The second kappa shape index (κ2) is 6.68. The van der Waals surface area contributed by atoms with Gasteiger partial charge in [0.1, 0.15) is 11.9 Å². The van der Waals surface area contributed by atoms with E-state index in [1.807, 2.05) is 18.2 Å². The van der Waals surface area contributed by atoms with Gasteiger partial charge in [-0.25, -0.2) is 4.68 Å². The van der Waals surface area contributed by atoms with Crippen molar-refractivity contribution in [2.75, 3.05) is 6.54 Å². The molecule has 1 fully saturated rings. The summed E-state index contributed by atoms with van der Waals surface area (Å²) in [6, 6.07) is 10.2. The van der Waals surface area contributed by atoms with Crippen molar-refractivity contribution in [3.05, 3.63) is 42.2 Å². The molecule has 22 heavy (non-hydrogen) atoms. The zero-order valence-corrected chi connectivity index (χ0v) is 12.6. The molecule has 6 nitrogen and oxygen atoms in total. The van der Waals surface area contributed by atoms with Crippen molar-refractivity contribution in [2.24, 2.45) is 0 Å². The van der Waals surface area contributed by atoms with Crippen LogP contribution < -0.4 is 5.32 Å². The summed E-state index contributed by atoms with van der Waals surface area (Å²) in [5.74, 6) is 0.0374. The summed E-state index contributed by atoms with van der Waals surface area (Å²) in [5, 5.41) is 14.5. The average Bonchev–Trinajstić information content (AvgIpc) is 3.11. The van der Waals surface area contributed by atoms with E-state index in [9.17, 15) is 4.79 Å². The van der Waals surface area contributed by atoms with Crippen LogP contribution in [0.5, 0.6) is 0 Å². The van der Waals surface area contributed by atoms with Gasteiger partial charge < -0.3 is 5.32 Å². The number of carbonyl (C=O) groups is 1. The molecule has 0 aliphatic heterocycles. The molecule has 1 heterocycles. The molecule has 1 N–H and O–H groups in total. The van der Waals surface area contributed by atoms with Gasteiger partial charge in [0.25, 0.3) is 0 Å². The number of hydrogen-bond donors (Lipinski definition) is 1. The van der Waals surface area contributed by atoms with Crippen molar-refractivity contribution < 1.29 is 4.79 Å². The quantitative estimate of drug-likeness (QED) is 0.912. The third-order valence-electron chi connectivity index (χ3n) is 4.43. The predicted octanol–water partition coefficient (Wildman–Crippen LogP) is 1.69. The summed E-state index contributed by atoms with van der Waals surface area (Å²) in [6.45, 7) is 0.632. The van der Waals surface area contributed by atoms with E-state index in [4.69, 9.17) is 0 Å². The minimum atomic E-state index is -0.613. The van der Waals surface area contributed by atoms with Gasteiger partial charge in [-0.05, 0) is 35.3 Å². The maximum Gasteiger partial charge on any atom is 0.248 e. The molecule has 3 rings (SSSR count). The Morgan fingerprint density at radius 1 is 1.18 bits per heavy atom. The molecular formula is C16H21N5O. The number of benzene rings is 1. The van der Waals surface area contributed by atoms with Crippen LogP contribution in [0.4, 0.5) is 0 Å². The molecule has 1 aromatic carbocycles. The molecule has 0 unspecified atom stereocenters. The van der Waals surface area contributed by atoms with Crippen LogP contribution in [0.1, 0.15) is 37.7 Å². The van der Waals surface area contributed by atoms with Crippen molar-refractivity contribution in [1.82, 2.24) is 25.5 Å². The zero-order chi connectivity index (χ0) is 15.3. The van der Waals surface area contributed by atoms with Gasteiger partial charge in [-0.15, -0.1) is 5.10 Å². The Labute approximate surface area is 129 Å². The van der Waals surface area contributed by atoms with Crippen LogP contribution in [-0.2, 0) is 16.8 Å². The molecule has 6 heteroatoms. The van der Waals surface area contributed by atoms with Gasteiger partial charge in [0, 0.05) is 6.54 Å². The first-order chi connectivity index (χ1) is 10.8. The van der Waals surface area contributed by atoms with E-state index >= 15 is 0 Å². The fraction of sp³-hybridized carbons (Fsp3) is 0.500. The number of aromatic nitrogens is 4. The number of amides is 1. The summed E-state index contributed by atoms with van der Waals surface area (Å²) in [4.78, 5) is 12.8. The molecule has 1 saturated carbocycles. The van der Waals surface area contributed by atoms with Gasteiger partial charge >= 0.3 is 0 Å². The smallest absolute Gasteiger partial charge is 0.248 e. The van der Waals surface area contributed by atoms with E-state index in [-0.39, 0.29) is 5.91 Å². The maximum atomic E-state index is 12.8. The van der Waals surface area contributed by atoms with Crippen molar-refractivity contribution >= 4 is 5.91 Å². The lowest BCUT2D eigenvalue weighted by atomic mass is 9.81. The van der Waals surface area contributed by atoms with Crippen molar-refractivity contribution in [3.8, 4) is 0 Å². The summed E-state index contributed by atoms with van der Waals surface area (Å²) in [5.41, 5.74) is 0.612. The molecule has 0 radical (unpaired) electrons. The van der Waals surface area contributed by atoms with Crippen molar-refractivity contribution in [2.45, 2.75) is 44.1 Å². The number of rotatable bonds is 5. The van der Waals surface area contributed by atoms with E-state index in [0.29, 0.717) is 6.54 Å². The number of tetrazole rings is 1. The van der Waals surface area contributed by atoms with Gasteiger partial charge in [0.05, 0.1) is 0 Å². The summed E-state index contributed by atoms with van der Waals surface area (Å²) < 4.78 is 1.64. The predicted molar refractivity (Wildman–Crippen MR) is 82.0 cm³/mol. The third kappa shape index (κ3) is 3.00. The number of nitrogens with one attached hydrogen (secondary N) is 1. The zero-order valence-electron chi connectivity index (χ0n) is 12.6. The van der Waals surface area contributed by atoms with Gasteiger partial charge in [-0.2, -0.15) is 0 Å². The number of carbonyl (C=O) groups excluding carboxylic acids is 1. The first-order valence-corrected chi connectivity index (χ1v) is 7.87. The molecule has 116 valence electrons. The average molecular weight is 299 g/mol. The summed E-state index contributed by atoms with van der Waals surface area (Å²) in [6.07, 6.45) is 7.23. The lowest BCUT2D eigenvalue weighted by molar-refractivity contribution is -0.132. The van der Waals surface area contributed by atoms with Crippen LogP contribution in [-0.4, -0.2) is 32.7 Å². The fourth-order valence-corrected chi connectivity index (χ4v) is 3.18. The Hall–Kier alpha value is -2.24. The molecule has 1 aromatic heterocycles. The second-order valence-electron chi connectivity index (χ2n) is 5.84. The Kier molecular flexibility index (Phi) is 4.46. The highest BCUT2D eigenvalue weighted by atomic mass is 16.2. The summed E-state index contributed by atoms with van der Waals surface area (Å²) in [7, 11) is 0. The van der Waals surface area contributed by atoms with E-state index in [1.165, 1.54) is 12.0 Å². The monoisotopic (exact) mass is 299 g/mol. The lowest BCUT2D eigenvalue weighted by Crippen LogP contribution is -2.50. The molecule has 1 amide bonds. The Bertz CT molecular complexity index is 590. The number of hydrogen-bond acceptors (Lipinski definition) is 4. The van der Waals surface area contributed by atoms with Crippen LogP contribution in [0.15, 0.2) is 36.7 Å². The van der Waals surface area contributed by atoms with Gasteiger partial charge in [-0.1, -0.05) is 49.6 Å². The van der Waals surface area contributed by atoms with Crippen molar-refractivity contribution in [3.63, 3.8) is 0 Å². The van der Waals surface area contributed by atoms with Crippen LogP contribution in [0, 0.1) is 0 Å². The molecule has 1 aliphatic rings. The second-order valence-corrected chi connectivity index (χ2v) is 5.84. The van der Waals surface area contributed by atoms with Gasteiger partial charge in [0.2, 0.25) is 5.91 Å². The van der Waals surface area contributed by atoms with E-state index in [0.717, 1.165) is 32.1 Å².